The molecule has 1 rings (SSSR count). The third-order valence-electron chi connectivity index (χ3n) is 3.05. The van der Waals surface area contributed by atoms with E-state index >= 15 is 0 Å². The van der Waals surface area contributed by atoms with Gasteiger partial charge in [-0.1, -0.05) is 20.8 Å². The largest absolute Gasteiger partial charge is 0.356 e. The highest BCUT2D eigenvalue weighted by molar-refractivity contribution is 5.81. The van der Waals surface area contributed by atoms with Crippen LogP contribution in [0.5, 0.6) is 0 Å². The molecule has 5 nitrogen and oxygen atoms in total. The summed E-state index contributed by atoms with van der Waals surface area (Å²) in [6, 6.07) is 0. The third-order valence-corrected chi connectivity index (χ3v) is 3.05. The first-order valence-electron chi connectivity index (χ1n) is 7.62. The number of hydrogen-bond donors (Lipinski definition) is 2. The lowest BCUT2D eigenvalue weighted by molar-refractivity contribution is -0.128. The minimum Gasteiger partial charge on any atom is -0.356 e. The number of aryl methyl sites for hydroxylation is 1. The van der Waals surface area contributed by atoms with E-state index in [0.717, 1.165) is 25.2 Å². The normalized spacial score (nSPS) is 12.5. The molecule has 0 bridgehead atoms. The Morgan fingerprint density at radius 1 is 1.24 bits per heavy atom. The van der Waals surface area contributed by atoms with Gasteiger partial charge >= 0.3 is 0 Å². The number of carbonyl (C=O) groups is 1. The van der Waals surface area contributed by atoms with Crippen LogP contribution < -0.4 is 10.6 Å². The van der Waals surface area contributed by atoms with Crippen molar-refractivity contribution in [2.75, 3.05) is 6.54 Å². The second kappa shape index (κ2) is 7.07. The first-order valence-corrected chi connectivity index (χ1v) is 7.62. The Morgan fingerprint density at radius 3 is 2.48 bits per heavy atom. The molecular weight excluding hydrogens is 264 g/mol. The van der Waals surface area contributed by atoms with E-state index in [1.165, 1.54) is 0 Å². The maximum absolute atomic E-state index is 11.7. The highest BCUT2D eigenvalue weighted by atomic mass is 16.2. The van der Waals surface area contributed by atoms with Crippen molar-refractivity contribution >= 4 is 5.91 Å². The second-order valence-electron chi connectivity index (χ2n) is 7.57. The number of nitrogens with zero attached hydrogens (tertiary/aromatic N) is 2. The van der Waals surface area contributed by atoms with Crippen LogP contribution >= 0.6 is 0 Å². The molecule has 0 saturated heterocycles. The first-order chi connectivity index (χ1) is 9.58. The number of rotatable bonds is 6. The molecule has 0 aliphatic rings. The van der Waals surface area contributed by atoms with Crippen LogP contribution in [0, 0.1) is 5.41 Å². The summed E-state index contributed by atoms with van der Waals surface area (Å²) in [5.74, 6) is 0.100. The zero-order valence-corrected chi connectivity index (χ0v) is 14.3. The smallest absolute Gasteiger partial charge is 0.225 e. The van der Waals surface area contributed by atoms with Crippen LogP contribution in [0.25, 0.3) is 0 Å². The highest BCUT2D eigenvalue weighted by Gasteiger charge is 2.20. The molecule has 0 aliphatic heterocycles. The molecule has 1 aromatic heterocycles. The van der Waals surface area contributed by atoms with Gasteiger partial charge in [-0.15, -0.1) is 0 Å². The summed E-state index contributed by atoms with van der Waals surface area (Å²) in [4.78, 5) is 16.1. The van der Waals surface area contributed by atoms with Crippen molar-refractivity contribution < 1.29 is 4.79 Å². The maximum Gasteiger partial charge on any atom is 0.225 e. The molecule has 0 saturated carbocycles. The molecule has 0 aromatic carbocycles. The van der Waals surface area contributed by atoms with Gasteiger partial charge in [0, 0.05) is 36.8 Å². The molecule has 0 aliphatic carbocycles. The Balaban J connectivity index is 2.28. The highest BCUT2D eigenvalue weighted by Crippen LogP contribution is 2.12. The van der Waals surface area contributed by atoms with E-state index in [1.807, 2.05) is 27.1 Å². The van der Waals surface area contributed by atoms with Crippen molar-refractivity contribution in [3.63, 3.8) is 0 Å². The lowest BCUT2D eigenvalue weighted by Crippen LogP contribution is -2.35. The Kier molecular flexibility index (Phi) is 5.96. The van der Waals surface area contributed by atoms with Gasteiger partial charge in [-0.05, 0) is 27.2 Å². The third kappa shape index (κ3) is 7.27. The second-order valence-corrected chi connectivity index (χ2v) is 7.57. The van der Waals surface area contributed by atoms with Gasteiger partial charge in [0.05, 0.1) is 12.0 Å². The predicted octanol–water partition coefficient (Wildman–Crippen LogP) is 2.32. The summed E-state index contributed by atoms with van der Waals surface area (Å²) in [6.45, 7) is 14.5. The molecule has 0 radical (unpaired) electrons. The van der Waals surface area contributed by atoms with E-state index in [2.05, 4.69) is 47.2 Å². The quantitative estimate of drug-likeness (QED) is 0.792. The van der Waals surface area contributed by atoms with Crippen molar-refractivity contribution in [3.8, 4) is 0 Å². The van der Waals surface area contributed by atoms with E-state index in [4.69, 9.17) is 0 Å². The average molecular weight is 294 g/mol. The van der Waals surface area contributed by atoms with E-state index in [1.54, 1.807) is 0 Å². The monoisotopic (exact) mass is 294 g/mol. The standard InChI is InChI=1S/C16H30N4O/c1-15(2,3)14(21)17-8-7-9-20-11-13(18-12-20)10-19-16(4,5)6/h11-12,19H,7-10H2,1-6H3,(H,17,21). The van der Waals surface area contributed by atoms with Crippen LogP contribution in [0.3, 0.4) is 0 Å². The van der Waals surface area contributed by atoms with Crippen LogP contribution in [0.15, 0.2) is 12.5 Å². The van der Waals surface area contributed by atoms with Gasteiger partial charge in [0.2, 0.25) is 5.91 Å². The molecule has 5 heteroatoms. The zero-order chi connectivity index (χ0) is 16.1. The van der Waals surface area contributed by atoms with Gasteiger partial charge in [0.1, 0.15) is 0 Å². The molecule has 0 unspecified atom stereocenters. The SMILES string of the molecule is CC(C)(C)NCc1cn(CCCNC(=O)C(C)(C)C)cn1. The lowest BCUT2D eigenvalue weighted by Gasteiger charge is -2.19. The number of aromatic nitrogens is 2. The van der Waals surface area contributed by atoms with Gasteiger partial charge in [0.25, 0.3) is 0 Å². The molecule has 0 atom stereocenters. The van der Waals surface area contributed by atoms with Crippen LogP contribution in [0.1, 0.15) is 53.7 Å². The first kappa shape index (κ1) is 17.7. The number of imidazole rings is 1. The Bertz CT molecular complexity index is 452. The van der Waals surface area contributed by atoms with E-state index in [9.17, 15) is 4.79 Å². The summed E-state index contributed by atoms with van der Waals surface area (Å²) in [5.41, 5.74) is 0.825. The van der Waals surface area contributed by atoms with E-state index < -0.39 is 0 Å². The predicted molar refractivity (Wildman–Crippen MR) is 85.9 cm³/mol. The van der Waals surface area contributed by atoms with Crippen LogP contribution in [0.2, 0.25) is 0 Å². The number of hydrogen-bond acceptors (Lipinski definition) is 3. The summed E-state index contributed by atoms with van der Waals surface area (Å²) in [5, 5.41) is 6.38. The fourth-order valence-corrected chi connectivity index (χ4v) is 1.70. The minimum absolute atomic E-state index is 0.0982. The fraction of sp³-hybridized carbons (Fsp3) is 0.750. The molecule has 1 aromatic rings. The maximum atomic E-state index is 11.7. The topological polar surface area (TPSA) is 59.0 Å². The Morgan fingerprint density at radius 2 is 1.90 bits per heavy atom. The summed E-state index contributed by atoms with van der Waals surface area (Å²) in [6.07, 6.45) is 4.82. The molecular formula is C16H30N4O. The molecule has 0 spiro atoms. The molecule has 120 valence electrons. The van der Waals surface area contributed by atoms with Crippen LogP contribution in [-0.4, -0.2) is 27.5 Å². The molecule has 2 N–H and O–H groups in total. The van der Waals surface area contributed by atoms with Gasteiger partial charge < -0.3 is 15.2 Å². The van der Waals surface area contributed by atoms with E-state index in [0.29, 0.717) is 6.54 Å². The lowest BCUT2D eigenvalue weighted by atomic mass is 9.96. The van der Waals surface area contributed by atoms with Gasteiger partial charge in [0.15, 0.2) is 0 Å². The molecule has 1 amide bonds. The van der Waals surface area contributed by atoms with Gasteiger partial charge in [-0.3, -0.25) is 4.79 Å². The van der Waals surface area contributed by atoms with Crippen molar-refractivity contribution in [1.82, 2.24) is 20.2 Å². The van der Waals surface area contributed by atoms with E-state index in [-0.39, 0.29) is 16.9 Å². The summed E-state index contributed by atoms with van der Waals surface area (Å²) in [7, 11) is 0. The molecule has 1 heterocycles. The van der Waals surface area contributed by atoms with Crippen molar-refractivity contribution in [2.45, 2.75) is 66.6 Å². The summed E-state index contributed by atoms with van der Waals surface area (Å²) >= 11 is 0. The molecule has 21 heavy (non-hydrogen) atoms. The number of amides is 1. The average Bonchev–Trinajstić information content (AvgIpc) is 2.78. The Hall–Kier alpha value is -1.36. The van der Waals surface area contributed by atoms with Crippen molar-refractivity contribution in [3.05, 3.63) is 18.2 Å². The fourth-order valence-electron chi connectivity index (χ4n) is 1.70. The van der Waals surface area contributed by atoms with Crippen LogP contribution in [0.4, 0.5) is 0 Å². The molecule has 0 fully saturated rings. The van der Waals surface area contributed by atoms with Gasteiger partial charge in [-0.25, -0.2) is 4.98 Å². The number of carbonyl (C=O) groups excluding carboxylic acids is 1. The van der Waals surface area contributed by atoms with Gasteiger partial charge in [-0.2, -0.15) is 0 Å². The Labute approximate surface area is 128 Å². The summed E-state index contributed by atoms with van der Waals surface area (Å²) < 4.78 is 2.07. The van der Waals surface area contributed by atoms with Crippen molar-refractivity contribution in [2.24, 2.45) is 5.41 Å². The van der Waals surface area contributed by atoms with Crippen LogP contribution in [-0.2, 0) is 17.9 Å². The zero-order valence-electron chi connectivity index (χ0n) is 14.3. The number of nitrogens with one attached hydrogen (secondary N) is 2. The van der Waals surface area contributed by atoms with Crippen molar-refractivity contribution in [1.29, 1.82) is 0 Å². The minimum atomic E-state index is -0.319.